The third-order valence-electron chi connectivity index (χ3n) is 3.67. The molecule has 1 fully saturated rings. The van der Waals surface area contributed by atoms with E-state index in [-0.39, 0.29) is 31.1 Å². The average Bonchev–Trinajstić information content (AvgIpc) is 2.85. The van der Waals surface area contributed by atoms with Crippen LogP contribution in [0.3, 0.4) is 0 Å². The van der Waals surface area contributed by atoms with Gasteiger partial charge in [-0.05, 0) is 25.0 Å². The minimum absolute atomic E-state index is 0.0617. The zero-order chi connectivity index (χ0) is 15.2. The Morgan fingerprint density at radius 2 is 2.14 bits per heavy atom. The molecule has 0 aliphatic heterocycles. The van der Waals surface area contributed by atoms with E-state index in [1.54, 1.807) is 31.4 Å². The highest BCUT2D eigenvalue weighted by molar-refractivity contribution is 5.77. The number of aliphatic hydroxyl groups is 2. The van der Waals surface area contributed by atoms with Gasteiger partial charge in [-0.3, -0.25) is 4.79 Å². The Kier molecular flexibility index (Phi) is 5.41. The molecule has 0 heterocycles. The fourth-order valence-electron chi connectivity index (χ4n) is 2.53. The first kappa shape index (κ1) is 15.6. The maximum atomic E-state index is 11.8. The Morgan fingerprint density at radius 1 is 1.38 bits per heavy atom. The van der Waals surface area contributed by atoms with Crippen LogP contribution in [0.15, 0.2) is 24.3 Å². The van der Waals surface area contributed by atoms with Crippen LogP contribution in [0.5, 0.6) is 11.5 Å². The molecule has 6 heteroatoms. The lowest BCUT2D eigenvalue weighted by atomic mass is 10.1. The van der Waals surface area contributed by atoms with Gasteiger partial charge in [0, 0.05) is 24.6 Å². The number of hydrogen-bond acceptors (Lipinski definition) is 5. The van der Waals surface area contributed by atoms with E-state index >= 15 is 0 Å². The lowest BCUT2D eigenvalue weighted by Crippen LogP contribution is -2.36. The van der Waals surface area contributed by atoms with E-state index in [1.807, 2.05) is 0 Å². The van der Waals surface area contributed by atoms with Crippen molar-refractivity contribution in [2.75, 3.05) is 20.3 Å². The number of rotatable bonds is 6. The lowest BCUT2D eigenvalue weighted by molar-refractivity contribution is -0.123. The maximum Gasteiger partial charge on any atom is 0.258 e. The number of aliphatic hydroxyl groups excluding tert-OH is 2. The molecule has 116 valence electrons. The SMILES string of the molecule is COc1cccc(OCC(=O)N[C@H]2C[C@H](CO)[C@@H](O)C2)c1. The van der Waals surface area contributed by atoms with Gasteiger partial charge in [0.05, 0.1) is 13.2 Å². The summed E-state index contributed by atoms with van der Waals surface area (Å²) in [7, 11) is 1.56. The van der Waals surface area contributed by atoms with Crippen molar-refractivity contribution in [1.82, 2.24) is 5.32 Å². The number of methoxy groups -OCH3 is 1. The summed E-state index contributed by atoms with van der Waals surface area (Å²) >= 11 is 0. The van der Waals surface area contributed by atoms with Gasteiger partial charge in [0.2, 0.25) is 0 Å². The maximum absolute atomic E-state index is 11.8. The smallest absolute Gasteiger partial charge is 0.258 e. The summed E-state index contributed by atoms with van der Waals surface area (Å²) in [4.78, 5) is 11.8. The normalized spacial score (nSPS) is 24.6. The second kappa shape index (κ2) is 7.28. The van der Waals surface area contributed by atoms with E-state index in [0.717, 1.165) is 0 Å². The van der Waals surface area contributed by atoms with Gasteiger partial charge in [-0.15, -0.1) is 0 Å². The molecule has 1 aromatic carbocycles. The summed E-state index contributed by atoms with van der Waals surface area (Å²) in [6, 6.07) is 6.91. The van der Waals surface area contributed by atoms with Crippen LogP contribution in [0.1, 0.15) is 12.8 Å². The molecular formula is C15H21NO5. The summed E-state index contributed by atoms with van der Waals surface area (Å²) in [6.45, 7) is -0.155. The van der Waals surface area contributed by atoms with Crippen LogP contribution < -0.4 is 14.8 Å². The second-order valence-electron chi connectivity index (χ2n) is 5.21. The molecule has 0 aromatic heterocycles. The van der Waals surface area contributed by atoms with Gasteiger partial charge < -0.3 is 25.0 Å². The molecule has 0 bridgehead atoms. The first-order valence-corrected chi connectivity index (χ1v) is 6.97. The summed E-state index contributed by atoms with van der Waals surface area (Å²) in [5.41, 5.74) is 0. The molecule has 6 nitrogen and oxygen atoms in total. The van der Waals surface area contributed by atoms with Crippen LogP contribution in [0.4, 0.5) is 0 Å². The van der Waals surface area contributed by atoms with Crippen LogP contribution in [0, 0.1) is 5.92 Å². The van der Waals surface area contributed by atoms with Crippen molar-refractivity contribution in [3.8, 4) is 11.5 Å². The van der Waals surface area contributed by atoms with Crippen molar-refractivity contribution in [3.05, 3.63) is 24.3 Å². The van der Waals surface area contributed by atoms with Crippen molar-refractivity contribution in [1.29, 1.82) is 0 Å². The number of carbonyl (C=O) groups is 1. The molecular weight excluding hydrogens is 274 g/mol. The van der Waals surface area contributed by atoms with Gasteiger partial charge >= 0.3 is 0 Å². The molecule has 0 unspecified atom stereocenters. The van der Waals surface area contributed by atoms with E-state index in [1.165, 1.54) is 0 Å². The Balaban J connectivity index is 1.77. The monoisotopic (exact) mass is 295 g/mol. The van der Waals surface area contributed by atoms with Crippen LogP contribution in [0.25, 0.3) is 0 Å². The van der Waals surface area contributed by atoms with Gasteiger partial charge in [0.1, 0.15) is 11.5 Å². The van der Waals surface area contributed by atoms with E-state index in [0.29, 0.717) is 24.3 Å². The van der Waals surface area contributed by atoms with Crippen molar-refractivity contribution in [3.63, 3.8) is 0 Å². The van der Waals surface area contributed by atoms with Gasteiger partial charge in [-0.2, -0.15) is 0 Å². The highest BCUT2D eigenvalue weighted by atomic mass is 16.5. The molecule has 1 aliphatic rings. The van der Waals surface area contributed by atoms with Crippen LogP contribution in [-0.4, -0.2) is 48.6 Å². The van der Waals surface area contributed by atoms with Crippen molar-refractivity contribution >= 4 is 5.91 Å². The van der Waals surface area contributed by atoms with Gasteiger partial charge in [0.25, 0.3) is 5.91 Å². The summed E-state index contributed by atoms with van der Waals surface area (Å²) in [6.07, 6.45) is 0.498. The topological polar surface area (TPSA) is 88.0 Å². The zero-order valence-electron chi connectivity index (χ0n) is 12.0. The number of hydrogen-bond donors (Lipinski definition) is 3. The average molecular weight is 295 g/mol. The van der Waals surface area contributed by atoms with Crippen LogP contribution >= 0.6 is 0 Å². The van der Waals surface area contributed by atoms with Crippen LogP contribution in [-0.2, 0) is 4.79 Å². The summed E-state index contributed by atoms with van der Waals surface area (Å²) < 4.78 is 10.5. The highest BCUT2D eigenvalue weighted by Gasteiger charge is 2.33. The van der Waals surface area contributed by atoms with Crippen molar-refractivity contribution in [2.45, 2.75) is 25.0 Å². The molecule has 0 spiro atoms. The van der Waals surface area contributed by atoms with Crippen LogP contribution in [0.2, 0.25) is 0 Å². The minimum atomic E-state index is -0.556. The molecule has 3 atom stereocenters. The van der Waals surface area contributed by atoms with Crippen molar-refractivity contribution < 1.29 is 24.5 Å². The Labute approximate surface area is 123 Å². The molecule has 1 aromatic rings. The fraction of sp³-hybridized carbons (Fsp3) is 0.533. The fourth-order valence-corrected chi connectivity index (χ4v) is 2.53. The Hall–Kier alpha value is -1.79. The molecule has 0 radical (unpaired) electrons. The van der Waals surface area contributed by atoms with E-state index in [2.05, 4.69) is 5.32 Å². The predicted octanol–water partition coefficient (Wildman–Crippen LogP) is 0.322. The molecule has 1 aliphatic carbocycles. The van der Waals surface area contributed by atoms with Gasteiger partial charge in [-0.1, -0.05) is 6.07 Å². The number of amides is 1. The van der Waals surface area contributed by atoms with Gasteiger partial charge in [0.15, 0.2) is 6.61 Å². The molecule has 2 rings (SSSR count). The van der Waals surface area contributed by atoms with E-state index in [9.17, 15) is 9.90 Å². The number of nitrogens with one attached hydrogen (secondary N) is 1. The molecule has 3 N–H and O–H groups in total. The van der Waals surface area contributed by atoms with E-state index < -0.39 is 6.10 Å². The minimum Gasteiger partial charge on any atom is -0.497 e. The Morgan fingerprint density at radius 3 is 2.81 bits per heavy atom. The highest BCUT2D eigenvalue weighted by Crippen LogP contribution is 2.25. The first-order valence-electron chi connectivity index (χ1n) is 6.97. The third-order valence-corrected chi connectivity index (χ3v) is 3.67. The summed E-state index contributed by atoms with van der Waals surface area (Å²) in [5.74, 6) is 0.824. The van der Waals surface area contributed by atoms with E-state index in [4.69, 9.17) is 14.6 Å². The zero-order valence-corrected chi connectivity index (χ0v) is 12.0. The quantitative estimate of drug-likeness (QED) is 0.703. The second-order valence-corrected chi connectivity index (χ2v) is 5.21. The molecule has 21 heavy (non-hydrogen) atoms. The van der Waals surface area contributed by atoms with Gasteiger partial charge in [-0.25, -0.2) is 0 Å². The summed E-state index contributed by atoms with van der Waals surface area (Å²) in [5, 5.41) is 21.6. The molecule has 0 saturated heterocycles. The lowest BCUT2D eigenvalue weighted by Gasteiger charge is -2.13. The third kappa shape index (κ3) is 4.34. The largest absolute Gasteiger partial charge is 0.497 e. The first-order chi connectivity index (χ1) is 10.1. The number of carbonyl (C=O) groups excluding carboxylic acids is 1. The predicted molar refractivity (Wildman–Crippen MR) is 76.2 cm³/mol. The standard InChI is InChI=1S/C15H21NO5/c1-20-12-3-2-4-13(7-12)21-9-15(19)16-11-5-10(8-17)14(18)6-11/h2-4,7,10-11,14,17-18H,5-6,8-9H2,1H3,(H,16,19)/t10-,11+,14+/m1/s1. The Bertz CT molecular complexity index is 479. The molecule has 1 saturated carbocycles. The number of ether oxygens (including phenoxy) is 2. The van der Waals surface area contributed by atoms with Crippen molar-refractivity contribution in [2.24, 2.45) is 5.92 Å². The number of benzene rings is 1. The molecule has 1 amide bonds.